The Morgan fingerprint density at radius 2 is 1.62 bits per heavy atom. The number of methoxy groups -OCH3 is 1. The third-order valence-corrected chi connectivity index (χ3v) is 3.91. The Hall–Kier alpha value is -1.96. The summed E-state index contributed by atoms with van der Waals surface area (Å²) in [4.78, 5) is 0. The highest BCUT2D eigenvalue weighted by molar-refractivity contribution is 5.74. The smallest absolute Gasteiger partial charge is 0.141 e. The maximum Gasteiger partial charge on any atom is 0.141 e. The van der Waals surface area contributed by atoms with Crippen molar-refractivity contribution in [2.75, 3.05) is 12.8 Å². The van der Waals surface area contributed by atoms with Crippen molar-refractivity contribution in [1.29, 1.82) is 0 Å². The summed E-state index contributed by atoms with van der Waals surface area (Å²) in [5.74, 6) is 1.74. The highest BCUT2D eigenvalue weighted by Crippen LogP contribution is 2.34. The molecule has 0 saturated heterocycles. The van der Waals surface area contributed by atoms with Crippen molar-refractivity contribution >= 4 is 5.69 Å². The van der Waals surface area contributed by atoms with Crippen molar-refractivity contribution < 1.29 is 4.74 Å². The van der Waals surface area contributed by atoms with Gasteiger partial charge >= 0.3 is 0 Å². The molecule has 0 aliphatic carbocycles. The number of rotatable bonds is 4. The maximum absolute atomic E-state index is 6.05. The number of benzene rings is 2. The van der Waals surface area contributed by atoms with Gasteiger partial charge in [0.05, 0.1) is 12.8 Å². The predicted molar refractivity (Wildman–Crippen MR) is 91.0 cm³/mol. The average molecular weight is 283 g/mol. The van der Waals surface area contributed by atoms with Crippen molar-refractivity contribution in [2.24, 2.45) is 0 Å². The van der Waals surface area contributed by atoms with Crippen LogP contribution in [0.2, 0.25) is 0 Å². The molecule has 112 valence electrons. The number of nitrogens with two attached hydrogens (primary N) is 1. The van der Waals surface area contributed by atoms with Crippen LogP contribution in [0.4, 0.5) is 5.69 Å². The summed E-state index contributed by atoms with van der Waals surface area (Å²) in [5.41, 5.74) is 11.9. The molecule has 0 bridgehead atoms. The van der Waals surface area contributed by atoms with Crippen LogP contribution in [0.3, 0.4) is 0 Å². The quantitative estimate of drug-likeness (QED) is 0.783. The molecule has 2 aromatic carbocycles. The molecule has 21 heavy (non-hydrogen) atoms. The number of anilines is 1. The molecule has 2 nitrogen and oxygen atoms in total. The lowest BCUT2D eigenvalue weighted by atomic mass is 9.88. The van der Waals surface area contributed by atoms with E-state index in [4.69, 9.17) is 10.5 Å². The van der Waals surface area contributed by atoms with Crippen LogP contribution >= 0.6 is 0 Å². The second kappa shape index (κ2) is 6.21. The zero-order valence-electron chi connectivity index (χ0n) is 13.6. The Morgan fingerprint density at radius 3 is 2.14 bits per heavy atom. The van der Waals surface area contributed by atoms with E-state index in [0.717, 1.165) is 11.3 Å². The van der Waals surface area contributed by atoms with Crippen LogP contribution in [-0.4, -0.2) is 7.11 Å². The zero-order valence-corrected chi connectivity index (χ0v) is 13.6. The normalized spacial score (nSPS) is 11.2. The van der Waals surface area contributed by atoms with Gasteiger partial charge in [-0.2, -0.15) is 0 Å². The molecule has 0 saturated carbocycles. The largest absolute Gasteiger partial charge is 0.495 e. The first kappa shape index (κ1) is 15.4. The van der Waals surface area contributed by atoms with E-state index in [1.807, 2.05) is 12.1 Å². The van der Waals surface area contributed by atoms with Gasteiger partial charge in [-0.25, -0.2) is 0 Å². The topological polar surface area (TPSA) is 35.2 Å². The summed E-state index contributed by atoms with van der Waals surface area (Å²) >= 11 is 0. The van der Waals surface area contributed by atoms with E-state index in [1.54, 1.807) is 7.11 Å². The highest BCUT2D eigenvalue weighted by atomic mass is 16.5. The fraction of sp³-hybridized carbons (Fsp3) is 0.368. The van der Waals surface area contributed by atoms with Crippen molar-refractivity contribution in [1.82, 2.24) is 0 Å². The first-order chi connectivity index (χ1) is 9.93. The molecular weight excluding hydrogens is 258 g/mol. The summed E-state index contributed by atoms with van der Waals surface area (Å²) in [6.45, 7) is 8.92. The molecule has 0 spiro atoms. The van der Waals surface area contributed by atoms with Crippen molar-refractivity contribution in [3.8, 4) is 16.9 Å². The highest BCUT2D eigenvalue weighted by Gasteiger charge is 2.12. The monoisotopic (exact) mass is 283 g/mol. The molecular formula is C19H25NO. The van der Waals surface area contributed by atoms with E-state index >= 15 is 0 Å². The number of nitrogen functional groups attached to an aromatic ring is 1. The van der Waals surface area contributed by atoms with Gasteiger partial charge in [0.25, 0.3) is 0 Å². The molecule has 2 aromatic rings. The Morgan fingerprint density at radius 1 is 0.905 bits per heavy atom. The Labute approximate surface area is 127 Å². The van der Waals surface area contributed by atoms with E-state index < -0.39 is 0 Å². The van der Waals surface area contributed by atoms with Crippen molar-refractivity contribution in [2.45, 2.75) is 39.5 Å². The van der Waals surface area contributed by atoms with Crippen LogP contribution in [-0.2, 0) is 0 Å². The lowest BCUT2D eigenvalue weighted by Crippen LogP contribution is -1.98. The van der Waals surface area contributed by atoms with Gasteiger partial charge in [0, 0.05) is 0 Å². The van der Waals surface area contributed by atoms with Gasteiger partial charge < -0.3 is 10.5 Å². The fourth-order valence-corrected chi connectivity index (χ4v) is 2.58. The van der Waals surface area contributed by atoms with Gasteiger partial charge in [-0.3, -0.25) is 0 Å². The van der Waals surface area contributed by atoms with Gasteiger partial charge in [-0.1, -0.05) is 52.0 Å². The van der Waals surface area contributed by atoms with E-state index in [-0.39, 0.29) is 0 Å². The summed E-state index contributed by atoms with van der Waals surface area (Å²) < 4.78 is 5.24. The van der Waals surface area contributed by atoms with E-state index in [2.05, 4.69) is 52.0 Å². The molecule has 2 N–H and O–H groups in total. The second-order valence-electron chi connectivity index (χ2n) is 6.11. The fourth-order valence-electron chi connectivity index (χ4n) is 2.58. The second-order valence-corrected chi connectivity index (χ2v) is 6.11. The van der Waals surface area contributed by atoms with Crippen LogP contribution in [0.5, 0.6) is 5.75 Å². The molecule has 0 heterocycles. The Balaban J connectivity index is 2.55. The van der Waals surface area contributed by atoms with Crippen LogP contribution < -0.4 is 10.5 Å². The molecule has 0 aliphatic rings. The third kappa shape index (κ3) is 3.21. The van der Waals surface area contributed by atoms with Gasteiger partial charge in [-0.15, -0.1) is 0 Å². The summed E-state index contributed by atoms with van der Waals surface area (Å²) in [5, 5.41) is 0. The van der Waals surface area contributed by atoms with Crippen molar-refractivity contribution in [3.63, 3.8) is 0 Å². The SMILES string of the molecule is COc1ccc(-c2ccc(C(C)C)cc2C(C)C)cc1N. The van der Waals surface area contributed by atoms with Crippen molar-refractivity contribution in [3.05, 3.63) is 47.5 Å². The Kier molecular flexibility index (Phi) is 4.56. The van der Waals surface area contributed by atoms with E-state index in [9.17, 15) is 0 Å². The zero-order chi connectivity index (χ0) is 15.6. The Bertz CT molecular complexity index is 629. The van der Waals surface area contributed by atoms with E-state index in [0.29, 0.717) is 17.5 Å². The molecule has 2 heteroatoms. The first-order valence-corrected chi connectivity index (χ1v) is 7.51. The first-order valence-electron chi connectivity index (χ1n) is 7.51. The average Bonchev–Trinajstić information content (AvgIpc) is 2.46. The van der Waals surface area contributed by atoms with Crippen LogP contribution in [0, 0.1) is 0 Å². The van der Waals surface area contributed by atoms with E-state index in [1.165, 1.54) is 16.7 Å². The van der Waals surface area contributed by atoms with Crippen LogP contribution in [0.1, 0.15) is 50.7 Å². The molecule has 0 aromatic heterocycles. The van der Waals surface area contributed by atoms with Gasteiger partial charge in [0.1, 0.15) is 5.75 Å². The third-order valence-electron chi connectivity index (χ3n) is 3.91. The van der Waals surface area contributed by atoms with Crippen LogP contribution in [0.15, 0.2) is 36.4 Å². The minimum Gasteiger partial charge on any atom is -0.495 e. The number of hydrogen-bond donors (Lipinski definition) is 1. The van der Waals surface area contributed by atoms with Gasteiger partial charge in [0.15, 0.2) is 0 Å². The number of ether oxygens (including phenoxy) is 1. The minimum atomic E-state index is 0.474. The minimum absolute atomic E-state index is 0.474. The lowest BCUT2D eigenvalue weighted by molar-refractivity contribution is 0.417. The predicted octanol–water partition coefficient (Wildman–Crippen LogP) is 5.19. The van der Waals surface area contributed by atoms with Gasteiger partial charge in [0.2, 0.25) is 0 Å². The molecule has 0 atom stereocenters. The molecule has 0 amide bonds. The number of hydrogen-bond acceptors (Lipinski definition) is 2. The molecule has 0 unspecified atom stereocenters. The standard InChI is InChI=1S/C19H25NO/c1-12(2)14-6-8-16(17(10-14)13(3)4)15-7-9-19(21-5)18(20)11-15/h6-13H,20H2,1-5H3. The maximum atomic E-state index is 6.05. The summed E-state index contributed by atoms with van der Waals surface area (Å²) in [7, 11) is 1.64. The molecule has 0 fully saturated rings. The molecule has 0 aliphatic heterocycles. The summed E-state index contributed by atoms with van der Waals surface area (Å²) in [6, 6.07) is 12.8. The molecule has 2 rings (SSSR count). The van der Waals surface area contributed by atoms with Crippen LogP contribution in [0.25, 0.3) is 11.1 Å². The molecule has 0 radical (unpaired) electrons. The lowest BCUT2D eigenvalue weighted by Gasteiger charge is -2.17. The van der Waals surface area contributed by atoms with Gasteiger partial charge in [-0.05, 0) is 46.2 Å². The summed E-state index contributed by atoms with van der Waals surface area (Å²) in [6.07, 6.45) is 0.